The van der Waals surface area contributed by atoms with Crippen LogP contribution in [0.5, 0.6) is 0 Å². The minimum absolute atomic E-state index is 0.0845. The summed E-state index contributed by atoms with van der Waals surface area (Å²) >= 11 is 0. The van der Waals surface area contributed by atoms with Gasteiger partial charge in [0.25, 0.3) is 5.91 Å². The van der Waals surface area contributed by atoms with Crippen LogP contribution in [0, 0.1) is 17.8 Å². The van der Waals surface area contributed by atoms with E-state index in [0.29, 0.717) is 11.1 Å². The summed E-state index contributed by atoms with van der Waals surface area (Å²) in [5.41, 5.74) is 11.6. The first-order chi connectivity index (χ1) is 9.47. The van der Waals surface area contributed by atoms with Crippen LogP contribution in [0.4, 0.5) is 0 Å². The SMILES string of the molecule is CC(C)C(NC(=O)c1ccccc1C#CCN)C(N)=O. The molecule has 0 radical (unpaired) electrons. The zero-order valence-corrected chi connectivity index (χ0v) is 11.6. The molecule has 5 nitrogen and oxygen atoms in total. The molecule has 20 heavy (non-hydrogen) atoms. The van der Waals surface area contributed by atoms with Gasteiger partial charge in [0, 0.05) is 5.56 Å². The van der Waals surface area contributed by atoms with Crippen LogP contribution in [0.2, 0.25) is 0 Å². The van der Waals surface area contributed by atoms with Gasteiger partial charge in [0.2, 0.25) is 5.91 Å². The summed E-state index contributed by atoms with van der Waals surface area (Å²) in [5.74, 6) is 4.53. The summed E-state index contributed by atoms with van der Waals surface area (Å²) in [6, 6.07) is 6.18. The lowest BCUT2D eigenvalue weighted by Gasteiger charge is -2.19. The molecule has 1 aromatic carbocycles. The van der Waals surface area contributed by atoms with Gasteiger partial charge in [-0.05, 0) is 18.1 Å². The van der Waals surface area contributed by atoms with Crippen LogP contribution in [-0.4, -0.2) is 24.4 Å². The third kappa shape index (κ3) is 4.11. The zero-order chi connectivity index (χ0) is 15.1. The van der Waals surface area contributed by atoms with Crippen molar-refractivity contribution in [3.63, 3.8) is 0 Å². The highest BCUT2D eigenvalue weighted by Gasteiger charge is 2.22. The first-order valence-electron chi connectivity index (χ1n) is 6.35. The standard InChI is InChI=1S/C15H19N3O2/c1-10(2)13(14(17)19)18-15(20)12-8-4-3-6-11(12)7-5-9-16/h3-4,6,8,10,13H,9,16H2,1-2H3,(H2,17,19)(H,18,20). The fourth-order valence-corrected chi connectivity index (χ4v) is 1.72. The monoisotopic (exact) mass is 273 g/mol. The summed E-state index contributed by atoms with van der Waals surface area (Å²) in [6.07, 6.45) is 0. The average Bonchev–Trinajstić information content (AvgIpc) is 2.41. The zero-order valence-electron chi connectivity index (χ0n) is 11.6. The molecule has 0 fully saturated rings. The van der Waals surface area contributed by atoms with Crippen molar-refractivity contribution >= 4 is 11.8 Å². The molecule has 106 valence electrons. The third-order valence-corrected chi connectivity index (χ3v) is 2.76. The number of carbonyl (C=O) groups excluding carboxylic acids is 2. The molecule has 0 saturated heterocycles. The van der Waals surface area contributed by atoms with Crippen molar-refractivity contribution in [2.24, 2.45) is 17.4 Å². The van der Waals surface area contributed by atoms with E-state index in [1.54, 1.807) is 24.3 Å². The minimum atomic E-state index is -0.710. The fourth-order valence-electron chi connectivity index (χ4n) is 1.72. The van der Waals surface area contributed by atoms with Crippen molar-refractivity contribution in [2.75, 3.05) is 6.54 Å². The normalized spacial score (nSPS) is 11.4. The van der Waals surface area contributed by atoms with Crippen molar-refractivity contribution in [3.8, 4) is 11.8 Å². The maximum Gasteiger partial charge on any atom is 0.253 e. The number of rotatable bonds is 4. The summed E-state index contributed by atoms with van der Waals surface area (Å²) in [4.78, 5) is 23.6. The molecule has 1 unspecified atom stereocenters. The number of amides is 2. The van der Waals surface area contributed by atoms with E-state index >= 15 is 0 Å². The van der Waals surface area contributed by atoms with Crippen molar-refractivity contribution < 1.29 is 9.59 Å². The number of nitrogens with one attached hydrogen (secondary N) is 1. The maximum atomic E-state index is 12.2. The quantitative estimate of drug-likeness (QED) is 0.685. The largest absolute Gasteiger partial charge is 0.368 e. The average molecular weight is 273 g/mol. The predicted molar refractivity (Wildman–Crippen MR) is 77.7 cm³/mol. The number of hydrogen-bond donors (Lipinski definition) is 3. The van der Waals surface area contributed by atoms with Crippen molar-refractivity contribution in [2.45, 2.75) is 19.9 Å². The van der Waals surface area contributed by atoms with Gasteiger partial charge in [-0.3, -0.25) is 9.59 Å². The van der Waals surface area contributed by atoms with E-state index in [-0.39, 0.29) is 18.4 Å². The molecule has 0 aromatic heterocycles. The van der Waals surface area contributed by atoms with Crippen molar-refractivity contribution in [3.05, 3.63) is 35.4 Å². The molecule has 0 aliphatic rings. The Bertz CT molecular complexity index is 556. The van der Waals surface area contributed by atoms with Gasteiger partial charge in [0.1, 0.15) is 6.04 Å². The molecule has 0 aliphatic heterocycles. The minimum Gasteiger partial charge on any atom is -0.368 e. The molecule has 2 amide bonds. The lowest BCUT2D eigenvalue weighted by Crippen LogP contribution is -2.47. The van der Waals surface area contributed by atoms with Crippen LogP contribution in [0.1, 0.15) is 29.8 Å². The lowest BCUT2D eigenvalue weighted by molar-refractivity contribution is -0.120. The number of benzene rings is 1. The van der Waals surface area contributed by atoms with Gasteiger partial charge in [0.05, 0.1) is 12.1 Å². The second-order valence-corrected chi connectivity index (χ2v) is 4.65. The van der Waals surface area contributed by atoms with E-state index in [9.17, 15) is 9.59 Å². The molecule has 5 N–H and O–H groups in total. The van der Waals surface area contributed by atoms with E-state index in [2.05, 4.69) is 17.2 Å². The summed E-state index contributed by atoms with van der Waals surface area (Å²) in [6.45, 7) is 3.84. The van der Waals surface area contributed by atoms with Crippen molar-refractivity contribution in [1.29, 1.82) is 0 Å². The van der Waals surface area contributed by atoms with Gasteiger partial charge in [-0.1, -0.05) is 37.8 Å². The highest BCUT2D eigenvalue weighted by atomic mass is 16.2. The third-order valence-electron chi connectivity index (χ3n) is 2.76. The van der Waals surface area contributed by atoms with E-state index in [1.165, 1.54) is 0 Å². The van der Waals surface area contributed by atoms with Gasteiger partial charge in [0.15, 0.2) is 0 Å². The maximum absolute atomic E-state index is 12.2. The Morgan fingerprint density at radius 1 is 1.30 bits per heavy atom. The fraction of sp³-hybridized carbons (Fsp3) is 0.333. The van der Waals surface area contributed by atoms with E-state index in [1.807, 2.05) is 13.8 Å². The molecule has 5 heteroatoms. The molecular weight excluding hydrogens is 254 g/mol. The van der Waals surface area contributed by atoms with Crippen LogP contribution in [0.3, 0.4) is 0 Å². The lowest BCUT2D eigenvalue weighted by atomic mass is 10.0. The van der Waals surface area contributed by atoms with Crippen LogP contribution in [0.15, 0.2) is 24.3 Å². The highest BCUT2D eigenvalue weighted by molar-refractivity contribution is 5.99. The molecular formula is C15H19N3O2. The summed E-state index contributed by atoms with van der Waals surface area (Å²) in [5, 5.41) is 2.64. The Morgan fingerprint density at radius 2 is 1.95 bits per heavy atom. The Labute approximate surface area is 118 Å². The molecule has 0 spiro atoms. The Hall–Kier alpha value is -2.32. The highest BCUT2D eigenvalue weighted by Crippen LogP contribution is 2.09. The molecule has 1 rings (SSSR count). The summed E-state index contributed by atoms with van der Waals surface area (Å²) in [7, 11) is 0. The second kappa shape index (κ2) is 7.31. The van der Waals surface area contributed by atoms with E-state index in [0.717, 1.165) is 0 Å². The van der Waals surface area contributed by atoms with Gasteiger partial charge >= 0.3 is 0 Å². The Morgan fingerprint density at radius 3 is 2.50 bits per heavy atom. The van der Waals surface area contributed by atoms with Crippen LogP contribution in [-0.2, 0) is 4.79 Å². The number of primary amides is 1. The summed E-state index contributed by atoms with van der Waals surface area (Å²) < 4.78 is 0. The molecule has 1 aromatic rings. The molecule has 0 saturated carbocycles. The Kier molecular flexibility index (Phi) is 5.75. The van der Waals surface area contributed by atoms with Gasteiger partial charge < -0.3 is 16.8 Å². The smallest absolute Gasteiger partial charge is 0.253 e. The van der Waals surface area contributed by atoms with Crippen LogP contribution >= 0.6 is 0 Å². The van der Waals surface area contributed by atoms with Gasteiger partial charge in [-0.25, -0.2) is 0 Å². The Balaban J connectivity index is 3.00. The van der Waals surface area contributed by atoms with Gasteiger partial charge in [-0.2, -0.15) is 0 Å². The van der Waals surface area contributed by atoms with Gasteiger partial charge in [-0.15, -0.1) is 0 Å². The number of carbonyl (C=O) groups is 2. The van der Waals surface area contributed by atoms with Crippen LogP contribution in [0.25, 0.3) is 0 Å². The first-order valence-corrected chi connectivity index (χ1v) is 6.35. The van der Waals surface area contributed by atoms with Crippen LogP contribution < -0.4 is 16.8 Å². The van der Waals surface area contributed by atoms with E-state index in [4.69, 9.17) is 11.5 Å². The number of nitrogens with two attached hydrogens (primary N) is 2. The molecule has 0 heterocycles. The van der Waals surface area contributed by atoms with Crippen molar-refractivity contribution in [1.82, 2.24) is 5.32 Å². The first kappa shape index (κ1) is 15.7. The second-order valence-electron chi connectivity index (χ2n) is 4.65. The molecule has 0 bridgehead atoms. The van der Waals surface area contributed by atoms with E-state index < -0.39 is 11.9 Å². The number of hydrogen-bond acceptors (Lipinski definition) is 3. The predicted octanol–water partition coefficient (Wildman–Crippen LogP) is 0.237. The topological polar surface area (TPSA) is 98.2 Å². The molecule has 1 atom stereocenters. The molecule has 0 aliphatic carbocycles.